The number of nitrogens with one attached hydrogen (secondary N) is 1. The van der Waals surface area contributed by atoms with Gasteiger partial charge < -0.3 is 10.4 Å². The summed E-state index contributed by atoms with van der Waals surface area (Å²) in [5.41, 5.74) is 0.663. The van der Waals surface area contributed by atoms with Crippen LogP contribution in [0.5, 0.6) is 0 Å². The Morgan fingerprint density at radius 2 is 1.95 bits per heavy atom. The summed E-state index contributed by atoms with van der Waals surface area (Å²) in [6, 6.07) is 6.74. The number of pyridine rings is 1. The fourth-order valence-corrected chi connectivity index (χ4v) is 2.15. The van der Waals surface area contributed by atoms with Gasteiger partial charge in [-0.05, 0) is 30.3 Å². The molecule has 6 heteroatoms. The highest BCUT2D eigenvalue weighted by atomic mass is 32.1. The highest BCUT2D eigenvalue weighted by Gasteiger charge is 2.08. The van der Waals surface area contributed by atoms with Crippen LogP contribution in [0.3, 0.4) is 0 Å². The number of nitrogens with zero attached hydrogens (tertiary/aromatic N) is 1. The Morgan fingerprint density at radius 1 is 1.21 bits per heavy atom. The highest BCUT2D eigenvalue weighted by Crippen LogP contribution is 2.19. The number of carboxylic acids is 1. The first kappa shape index (κ1) is 13.0. The van der Waals surface area contributed by atoms with Crippen LogP contribution in [0.4, 0.5) is 5.69 Å². The smallest absolute Gasteiger partial charge is 0.328 e. The monoisotopic (exact) mass is 274 g/mol. The molecule has 0 aromatic carbocycles. The largest absolute Gasteiger partial charge is 0.478 e. The lowest BCUT2D eigenvalue weighted by Crippen LogP contribution is -2.09. The van der Waals surface area contributed by atoms with Crippen molar-refractivity contribution in [2.45, 2.75) is 0 Å². The number of hydrogen-bond donors (Lipinski definition) is 2. The maximum Gasteiger partial charge on any atom is 0.328 e. The van der Waals surface area contributed by atoms with Crippen molar-refractivity contribution in [1.29, 1.82) is 0 Å². The predicted octanol–water partition coefficient (Wildman–Crippen LogP) is 2.49. The summed E-state index contributed by atoms with van der Waals surface area (Å²) >= 11 is 1.22. The molecule has 5 nitrogen and oxygen atoms in total. The van der Waals surface area contributed by atoms with E-state index in [2.05, 4.69) is 10.3 Å². The van der Waals surface area contributed by atoms with Gasteiger partial charge in [-0.1, -0.05) is 0 Å². The zero-order valence-electron chi connectivity index (χ0n) is 9.74. The number of hydrogen-bond acceptors (Lipinski definition) is 4. The molecular formula is C13H10N2O3S. The Kier molecular flexibility index (Phi) is 4.04. The summed E-state index contributed by atoms with van der Waals surface area (Å²) in [7, 11) is 0. The second kappa shape index (κ2) is 5.92. The molecule has 0 aliphatic carbocycles. The van der Waals surface area contributed by atoms with Crippen LogP contribution >= 0.6 is 11.3 Å². The molecule has 0 aliphatic heterocycles. The van der Waals surface area contributed by atoms with E-state index in [1.165, 1.54) is 17.4 Å². The molecular weight excluding hydrogens is 264 g/mol. The minimum Gasteiger partial charge on any atom is -0.478 e. The molecule has 0 saturated carbocycles. The molecule has 0 bridgehead atoms. The van der Waals surface area contributed by atoms with Gasteiger partial charge in [0.05, 0.1) is 4.88 Å². The van der Waals surface area contributed by atoms with Gasteiger partial charge in [-0.15, -0.1) is 11.3 Å². The van der Waals surface area contributed by atoms with E-state index in [1.54, 1.807) is 36.7 Å². The molecule has 0 spiro atoms. The molecule has 2 aromatic rings. The number of amides is 1. The number of aliphatic carboxylic acids is 1. The number of carbonyl (C=O) groups is 2. The van der Waals surface area contributed by atoms with E-state index in [1.807, 2.05) is 0 Å². The average molecular weight is 274 g/mol. The van der Waals surface area contributed by atoms with Crippen LogP contribution < -0.4 is 5.32 Å². The molecule has 0 radical (unpaired) electrons. The van der Waals surface area contributed by atoms with Gasteiger partial charge in [0.15, 0.2) is 0 Å². The summed E-state index contributed by atoms with van der Waals surface area (Å²) in [6.07, 6.45) is 5.67. The van der Waals surface area contributed by atoms with Gasteiger partial charge in [-0.3, -0.25) is 9.78 Å². The number of rotatable bonds is 4. The molecule has 19 heavy (non-hydrogen) atoms. The second-order valence-electron chi connectivity index (χ2n) is 3.56. The quantitative estimate of drug-likeness (QED) is 0.839. The molecule has 0 aliphatic rings. The Morgan fingerprint density at radius 3 is 2.63 bits per heavy atom. The number of aromatic nitrogens is 1. The minimum atomic E-state index is -1.02. The molecule has 2 rings (SSSR count). The maximum absolute atomic E-state index is 11.9. The highest BCUT2D eigenvalue weighted by molar-refractivity contribution is 7.15. The van der Waals surface area contributed by atoms with Gasteiger partial charge in [0, 0.05) is 29.0 Å². The molecule has 1 amide bonds. The summed E-state index contributed by atoms with van der Waals surface area (Å²) in [6.45, 7) is 0. The van der Waals surface area contributed by atoms with Gasteiger partial charge in [0.2, 0.25) is 0 Å². The maximum atomic E-state index is 11.9. The van der Waals surface area contributed by atoms with Crippen molar-refractivity contribution in [2.24, 2.45) is 0 Å². The first-order chi connectivity index (χ1) is 9.15. The van der Waals surface area contributed by atoms with E-state index in [0.717, 1.165) is 6.08 Å². The average Bonchev–Trinajstić information content (AvgIpc) is 2.86. The van der Waals surface area contributed by atoms with Gasteiger partial charge in [-0.25, -0.2) is 4.79 Å². The zero-order chi connectivity index (χ0) is 13.7. The van der Waals surface area contributed by atoms with Crippen molar-refractivity contribution in [3.05, 3.63) is 52.5 Å². The zero-order valence-corrected chi connectivity index (χ0v) is 10.6. The third-order valence-corrected chi connectivity index (χ3v) is 3.23. The van der Waals surface area contributed by atoms with Crippen molar-refractivity contribution in [3.8, 4) is 0 Å². The van der Waals surface area contributed by atoms with Crippen LogP contribution in [-0.2, 0) is 4.79 Å². The second-order valence-corrected chi connectivity index (χ2v) is 4.68. The normalized spacial score (nSPS) is 10.5. The van der Waals surface area contributed by atoms with Crippen molar-refractivity contribution in [3.63, 3.8) is 0 Å². The van der Waals surface area contributed by atoms with Crippen molar-refractivity contribution < 1.29 is 14.7 Å². The molecule has 0 atom stereocenters. The molecule has 0 fully saturated rings. The van der Waals surface area contributed by atoms with Gasteiger partial charge in [0.1, 0.15) is 0 Å². The summed E-state index contributed by atoms with van der Waals surface area (Å²) < 4.78 is 0. The summed E-state index contributed by atoms with van der Waals surface area (Å²) in [5.74, 6) is -1.25. The SMILES string of the molecule is O=C(O)C=Cc1ccc(C(=O)Nc2ccncc2)s1. The molecule has 2 aromatic heterocycles. The van der Waals surface area contributed by atoms with E-state index in [-0.39, 0.29) is 5.91 Å². The van der Waals surface area contributed by atoms with E-state index >= 15 is 0 Å². The molecule has 96 valence electrons. The lowest BCUT2D eigenvalue weighted by molar-refractivity contribution is -0.131. The van der Waals surface area contributed by atoms with E-state index in [9.17, 15) is 9.59 Å². The molecule has 0 saturated heterocycles. The Balaban J connectivity index is 2.06. The minimum absolute atomic E-state index is 0.230. The van der Waals surface area contributed by atoms with Crippen LogP contribution in [0.15, 0.2) is 42.7 Å². The first-order valence-electron chi connectivity index (χ1n) is 5.37. The fourth-order valence-electron chi connectivity index (χ4n) is 1.35. The Hall–Kier alpha value is -2.47. The molecule has 2 N–H and O–H groups in total. The summed E-state index contributed by atoms with van der Waals surface area (Å²) in [5, 5.41) is 11.2. The summed E-state index contributed by atoms with van der Waals surface area (Å²) in [4.78, 5) is 27.4. The van der Waals surface area contributed by atoms with Gasteiger partial charge in [0.25, 0.3) is 5.91 Å². The lowest BCUT2D eigenvalue weighted by Gasteiger charge is -2.01. The number of anilines is 1. The Labute approximate surface area is 113 Å². The Bertz CT molecular complexity index is 620. The van der Waals surface area contributed by atoms with Crippen LogP contribution in [0.25, 0.3) is 6.08 Å². The van der Waals surface area contributed by atoms with Crippen LogP contribution in [0.2, 0.25) is 0 Å². The number of thiophene rings is 1. The van der Waals surface area contributed by atoms with Gasteiger partial charge >= 0.3 is 5.97 Å². The number of carboxylic acid groups (broad SMARTS) is 1. The van der Waals surface area contributed by atoms with Crippen LogP contribution in [-0.4, -0.2) is 22.0 Å². The predicted molar refractivity (Wildman–Crippen MR) is 73.2 cm³/mol. The number of carbonyl (C=O) groups excluding carboxylic acids is 1. The van der Waals surface area contributed by atoms with Crippen molar-refractivity contribution in [2.75, 3.05) is 5.32 Å². The topological polar surface area (TPSA) is 79.3 Å². The molecule has 2 heterocycles. The van der Waals surface area contributed by atoms with Crippen LogP contribution in [0, 0.1) is 0 Å². The van der Waals surface area contributed by atoms with E-state index in [4.69, 9.17) is 5.11 Å². The molecule has 0 unspecified atom stereocenters. The van der Waals surface area contributed by atoms with E-state index < -0.39 is 5.97 Å². The van der Waals surface area contributed by atoms with E-state index in [0.29, 0.717) is 15.4 Å². The van der Waals surface area contributed by atoms with Crippen LogP contribution in [0.1, 0.15) is 14.5 Å². The third-order valence-electron chi connectivity index (χ3n) is 2.18. The van der Waals surface area contributed by atoms with Gasteiger partial charge in [-0.2, -0.15) is 0 Å². The lowest BCUT2D eigenvalue weighted by atomic mass is 10.3. The van der Waals surface area contributed by atoms with Crippen molar-refractivity contribution in [1.82, 2.24) is 4.98 Å². The fraction of sp³-hybridized carbons (Fsp3) is 0. The third kappa shape index (κ3) is 3.75. The standard InChI is InChI=1S/C13H10N2O3S/c16-12(17)4-2-10-1-3-11(19-10)13(18)15-9-5-7-14-8-6-9/h1-8H,(H,16,17)(H,14,15,18). The first-order valence-corrected chi connectivity index (χ1v) is 6.19. The van der Waals surface area contributed by atoms with Crippen molar-refractivity contribution >= 4 is 35.0 Å².